The maximum atomic E-state index is 12.8. The number of anilines is 1. The van der Waals surface area contributed by atoms with Crippen molar-refractivity contribution in [1.82, 2.24) is 14.5 Å². The first kappa shape index (κ1) is 23.9. The van der Waals surface area contributed by atoms with Gasteiger partial charge in [0.1, 0.15) is 0 Å². The van der Waals surface area contributed by atoms with Crippen LogP contribution in [0.1, 0.15) is 51.0 Å². The number of carbonyl (C=O) groups is 2. The standard InChI is InChI=1S/C24H35N5O3/c1-17(15-25)22(30)27-24-26-20-14-18(10-11-21(20)29(24)12-7-13-32-3)16-28(2)23(31)19-8-5-4-6-9-19/h10-11,14-15,17,19,25H,4-9,12-13,16H2,1-3H3,(H,26,27,30). The largest absolute Gasteiger partial charge is 0.385 e. The van der Waals surface area contributed by atoms with Crippen LogP contribution in [0.2, 0.25) is 0 Å². The molecular weight excluding hydrogens is 406 g/mol. The van der Waals surface area contributed by atoms with Gasteiger partial charge in [0.25, 0.3) is 0 Å². The van der Waals surface area contributed by atoms with Crippen LogP contribution >= 0.6 is 0 Å². The zero-order chi connectivity index (χ0) is 23.1. The molecule has 2 aromatic rings. The van der Waals surface area contributed by atoms with Gasteiger partial charge in [-0.15, -0.1) is 0 Å². The van der Waals surface area contributed by atoms with Crippen LogP contribution in [0, 0.1) is 17.2 Å². The molecule has 1 aliphatic rings. The van der Waals surface area contributed by atoms with Gasteiger partial charge < -0.3 is 19.6 Å². The average molecular weight is 442 g/mol. The maximum Gasteiger partial charge on any atom is 0.234 e. The number of aryl methyl sites for hydroxylation is 1. The minimum Gasteiger partial charge on any atom is -0.385 e. The number of hydrogen-bond donors (Lipinski definition) is 2. The summed E-state index contributed by atoms with van der Waals surface area (Å²) in [7, 11) is 3.53. The molecule has 1 saturated carbocycles. The number of methoxy groups -OCH3 is 1. The number of nitrogens with zero attached hydrogens (tertiary/aromatic N) is 3. The van der Waals surface area contributed by atoms with Crippen LogP contribution in [0.3, 0.4) is 0 Å². The third kappa shape index (κ3) is 5.73. The Morgan fingerprint density at radius 1 is 1.34 bits per heavy atom. The first-order chi connectivity index (χ1) is 15.4. The molecule has 0 saturated heterocycles. The highest BCUT2D eigenvalue weighted by Gasteiger charge is 2.24. The van der Waals surface area contributed by atoms with E-state index in [1.807, 2.05) is 34.7 Å². The van der Waals surface area contributed by atoms with Crippen LogP contribution in [-0.2, 0) is 27.4 Å². The summed E-state index contributed by atoms with van der Waals surface area (Å²) >= 11 is 0. The number of imidazole rings is 1. The average Bonchev–Trinajstić information content (AvgIpc) is 3.14. The fourth-order valence-electron chi connectivity index (χ4n) is 4.28. The number of fused-ring (bicyclic) bond motifs is 1. The van der Waals surface area contributed by atoms with Crippen LogP contribution in [0.5, 0.6) is 0 Å². The first-order valence-electron chi connectivity index (χ1n) is 11.5. The monoisotopic (exact) mass is 441 g/mol. The molecule has 0 spiro atoms. The van der Waals surface area contributed by atoms with Crippen molar-refractivity contribution in [2.24, 2.45) is 11.8 Å². The van der Waals surface area contributed by atoms with Gasteiger partial charge in [-0.3, -0.25) is 14.9 Å². The van der Waals surface area contributed by atoms with Crippen molar-refractivity contribution in [2.45, 2.75) is 58.5 Å². The topological polar surface area (TPSA) is 100 Å². The lowest BCUT2D eigenvalue weighted by Crippen LogP contribution is -2.33. The first-order valence-corrected chi connectivity index (χ1v) is 11.5. The van der Waals surface area contributed by atoms with E-state index in [1.165, 1.54) is 6.42 Å². The molecule has 1 atom stereocenters. The Morgan fingerprint density at radius 2 is 2.09 bits per heavy atom. The zero-order valence-electron chi connectivity index (χ0n) is 19.4. The van der Waals surface area contributed by atoms with Crippen LogP contribution < -0.4 is 5.32 Å². The van der Waals surface area contributed by atoms with Gasteiger partial charge in [-0.1, -0.05) is 25.3 Å². The van der Waals surface area contributed by atoms with Crippen LogP contribution in [0.4, 0.5) is 5.95 Å². The van der Waals surface area contributed by atoms with Crippen LogP contribution in [0.25, 0.3) is 11.0 Å². The molecule has 3 rings (SSSR count). The minimum atomic E-state index is -0.530. The Hall–Kier alpha value is -2.74. The van der Waals surface area contributed by atoms with Crippen molar-refractivity contribution in [3.63, 3.8) is 0 Å². The molecule has 32 heavy (non-hydrogen) atoms. The Labute approximate surface area is 189 Å². The van der Waals surface area contributed by atoms with E-state index in [4.69, 9.17) is 10.1 Å². The Bertz CT molecular complexity index is 949. The molecule has 2 amide bonds. The molecule has 2 N–H and O–H groups in total. The van der Waals surface area contributed by atoms with E-state index in [0.717, 1.165) is 54.9 Å². The van der Waals surface area contributed by atoms with Gasteiger partial charge in [-0.25, -0.2) is 4.98 Å². The van der Waals surface area contributed by atoms with Gasteiger partial charge in [0.2, 0.25) is 17.8 Å². The fraction of sp³-hybridized carbons (Fsp3) is 0.583. The Balaban J connectivity index is 1.80. The summed E-state index contributed by atoms with van der Waals surface area (Å²) < 4.78 is 7.15. The van der Waals surface area contributed by atoms with E-state index in [-0.39, 0.29) is 17.7 Å². The predicted octanol–water partition coefficient (Wildman–Crippen LogP) is 3.84. The molecule has 8 heteroatoms. The summed E-state index contributed by atoms with van der Waals surface area (Å²) in [6, 6.07) is 6.01. The van der Waals surface area contributed by atoms with Gasteiger partial charge in [0.05, 0.1) is 17.0 Å². The zero-order valence-corrected chi connectivity index (χ0v) is 19.4. The molecule has 1 unspecified atom stereocenters. The number of ether oxygens (including phenoxy) is 1. The van der Waals surface area contributed by atoms with Crippen molar-refractivity contribution in [1.29, 1.82) is 5.41 Å². The predicted molar refractivity (Wildman–Crippen MR) is 126 cm³/mol. The van der Waals surface area contributed by atoms with Crippen molar-refractivity contribution < 1.29 is 14.3 Å². The summed E-state index contributed by atoms with van der Waals surface area (Å²) in [5.41, 5.74) is 2.71. The highest BCUT2D eigenvalue weighted by atomic mass is 16.5. The summed E-state index contributed by atoms with van der Waals surface area (Å²) in [5, 5.41) is 10.2. The highest BCUT2D eigenvalue weighted by Crippen LogP contribution is 2.26. The number of amides is 2. The summed E-state index contributed by atoms with van der Waals surface area (Å²) in [5.74, 6) is 0.0516. The number of hydrogen-bond acceptors (Lipinski definition) is 5. The van der Waals surface area contributed by atoms with Crippen LogP contribution in [0.15, 0.2) is 18.2 Å². The normalized spacial score (nSPS) is 15.5. The van der Waals surface area contributed by atoms with Gasteiger partial charge in [0, 0.05) is 46.0 Å². The second-order valence-corrected chi connectivity index (χ2v) is 8.73. The van der Waals surface area contributed by atoms with E-state index in [2.05, 4.69) is 10.3 Å². The molecule has 1 aromatic carbocycles. The Morgan fingerprint density at radius 3 is 2.78 bits per heavy atom. The molecule has 1 heterocycles. The summed E-state index contributed by atoms with van der Waals surface area (Å²) in [6.45, 7) is 3.47. The fourth-order valence-corrected chi connectivity index (χ4v) is 4.28. The van der Waals surface area contributed by atoms with Crippen molar-refractivity contribution in [3.8, 4) is 0 Å². The van der Waals surface area contributed by atoms with E-state index < -0.39 is 5.92 Å². The second-order valence-electron chi connectivity index (χ2n) is 8.73. The van der Waals surface area contributed by atoms with Crippen molar-refractivity contribution in [3.05, 3.63) is 23.8 Å². The van der Waals surface area contributed by atoms with Gasteiger partial charge in [-0.05, 0) is 43.9 Å². The number of rotatable bonds is 10. The van der Waals surface area contributed by atoms with Gasteiger partial charge in [-0.2, -0.15) is 0 Å². The van der Waals surface area contributed by atoms with Crippen molar-refractivity contribution in [2.75, 3.05) is 26.1 Å². The lowest BCUT2D eigenvalue weighted by molar-refractivity contribution is -0.135. The summed E-state index contributed by atoms with van der Waals surface area (Å²) in [4.78, 5) is 31.7. The van der Waals surface area contributed by atoms with E-state index in [9.17, 15) is 9.59 Å². The molecule has 8 nitrogen and oxygen atoms in total. The molecular formula is C24H35N5O3. The summed E-state index contributed by atoms with van der Waals surface area (Å²) in [6.07, 6.45) is 7.39. The quantitative estimate of drug-likeness (QED) is 0.432. The SMILES string of the molecule is COCCCn1c(NC(=O)C(C)C=N)nc2cc(CN(C)C(=O)C3CCCCC3)ccc21. The van der Waals surface area contributed by atoms with E-state index in [0.29, 0.717) is 25.6 Å². The van der Waals surface area contributed by atoms with Gasteiger partial charge >= 0.3 is 0 Å². The lowest BCUT2D eigenvalue weighted by atomic mass is 9.88. The van der Waals surface area contributed by atoms with Crippen molar-refractivity contribution >= 4 is 35.0 Å². The third-order valence-corrected chi connectivity index (χ3v) is 6.19. The molecule has 0 bridgehead atoms. The number of aromatic nitrogens is 2. The number of benzene rings is 1. The molecule has 174 valence electrons. The maximum absolute atomic E-state index is 12.8. The third-order valence-electron chi connectivity index (χ3n) is 6.19. The minimum absolute atomic E-state index is 0.148. The lowest BCUT2D eigenvalue weighted by Gasteiger charge is -2.26. The van der Waals surface area contributed by atoms with Crippen LogP contribution in [-0.4, -0.2) is 53.2 Å². The smallest absolute Gasteiger partial charge is 0.234 e. The number of carbonyl (C=O) groups excluding carboxylic acids is 2. The molecule has 0 aliphatic heterocycles. The molecule has 0 radical (unpaired) electrons. The molecule has 1 fully saturated rings. The second kappa shape index (κ2) is 11.2. The van der Waals surface area contributed by atoms with Gasteiger partial charge in [0.15, 0.2) is 0 Å². The number of nitrogens with one attached hydrogen (secondary N) is 2. The van der Waals surface area contributed by atoms with E-state index >= 15 is 0 Å². The molecule has 1 aliphatic carbocycles. The van der Waals surface area contributed by atoms with E-state index in [1.54, 1.807) is 14.0 Å². The molecule has 1 aromatic heterocycles. The Kier molecular flexibility index (Phi) is 8.39. The highest BCUT2D eigenvalue weighted by molar-refractivity contribution is 6.00.